The molecule has 1 rings (SSSR count). The summed E-state index contributed by atoms with van der Waals surface area (Å²) >= 11 is 0. The molecule has 19 heavy (non-hydrogen) atoms. The SMILES string of the molecule is CC(C)Cc1cccc(C(C)(O)CNC(C)(C)C)c1. The molecule has 2 nitrogen and oxygen atoms in total. The molecule has 0 aliphatic rings. The lowest BCUT2D eigenvalue weighted by atomic mass is 9.91. The minimum absolute atomic E-state index is 0.0134. The van der Waals surface area contributed by atoms with Crippen LogP contribution >= 0.6 is 0 Å². The van der Waals surface area contributed by atoms with Crippen LogP contribution in [-0.4, -0.2) is 17.2 Å². The van der Waals surface area contributed by atoms with Crippen molar-refractivity contribution in [2.24, 2.45) is 5.92 Å². The summed E-state index contributed by atoms with van der Waals surface area (Å²) in [6.45, 7) is 13.2. The van der Waals surface area contributed by atoms with E-state index in [1.165, 1.54) is 5.56 Å². The van der Waals surface area contributed by atoms with E-state index < -0.39 is 5.60 Å². The molecule has 1 aromatic carbocycles. The van der Waals surface area contributed by atoms with Crippen molar-refractivity contribution in [1.82, 2.24) is 5.32 Å². The number of hydrogen-bond acceptors (Lipinski definition) is 2. The quantitative estimate of drug-likeness (QED) is 0.852. The van der Waals surface area contributed by atoms with E-state index in [4.69, 9.17) is 0 Å². The monoisotopic (exact) mass is 263 g/mol. The third kappa shape index (κ3) is 5.75. The fourth-order valence-electron chi connectivity index (χ4n) is 2.04. The molecular weight excluding hydrogens is 234 g/mol. The Morgan fingerprint density at radius 1 is 1.16 bits per heavy atom. The second kappa shape index (κ2) is 6.06. The number of nitrogens with one attached hydrogen (secondary N) is 1. The van der Waals surface area contributed by atoms with E-state index >= 15 is 0 Å². The summed E-state index contributed by atoms with van der Waals surface area (Å²) in [5, 5.41) is 14.0. The number of β-amino-alcohol motifs (C(OH)–C–C–N with tert-alkyl or cyclic N) is 1. The van der Waals surface area contributed by atoms with E-state index in [9.17, 15) is 5.11 Å². The van der Waals surface area contributed by atoms with Gasteiger partial charge in [0.1, 0.15) is 0 Å². The van der Waals surface area contributed by atoms with Crippen LogP contribution in [0.5, 0.6) is 0 Å². The van der Waals surface area contributed by atoms with Crippen LogP contribution in [0.4, 0.5) is 0 Å². The van der Waals surface area contributed by atoms with E-state index in [2.05, 4.69) is 52.1 Å². The Morgan fingerprint density at radius 2 is 1.79 bits per heavy atom. The van der Waals surface area contributed by atoms with Crippen LogP contribution in [0, 0.1) is 5.92 Å². The van der Waals surface area contributed by atoms with Gasteiger partial charge in [-0.05, 0) is 51.2 Å². The van der Waals surface area contributed by atoms with Crippen molar-refractivity contribution >= 4 is 0 Å². The highest BCUT2D eigenvalue weighted by molar-refractivity contribution is 5.28. The summed E-state index contributed by atoms with van der Waals surface area (Å²) in [5.41, 5.74) is 1.46. The van der Waals surface area contributed by atoms with Gasteiger partial charge in [-0.25, -0.2) is 0 Å². The molecule has 1 unspecified atom stereocenters. The molecule has 0 heterocycles. The average molecular weight is 263 g/mol. The molecule has 0 bridgehead atoms. The van der Waals surface area contributed by atoms with Crippen molar-refractivity contribution in [3.05, 3.63) is 35.4 Å². The lowest BCUT2D eigenvalue weighted by molar-refractivity contribution is 0.0501. The van der Waals surface area contributed by atoms with Crippen LogP contribution in [0.15, 0.2) is 24.3 Å². The molecule has 0 aliphatic heterocycles. The van der Waals surface area contributed by atoms with Crippen LogP contribution in [0.2, 0.25) is 0 Å². The molecule has 0 aromatic heterocycles. The average Bonchev–Trinajstić information content (AvgIpc) is 2.25. The normalized spacial score (nSPS) is 15.6. The second-order valence-corrected chi connectivity index (χ2v) is 7.18. The highest BCUT2D eigenvalue weighted by atomic mass is 16.3. The van der Waals surface area contributed by atoms with Gasteiger partial charge in [0, 0.05) is 12.1 Å². The third-order valence-corrected chi connectivity index (χ3v) is 3.16. The maximum atomic E-state index is 10.6. The van der Waals surface area contributed by atoms with Gasteiger partial charge in [0.05, 0.1) is 5.60 Å². The van der Waals surface area contributed by atoms with Gasteiger partial charge in [-0.2, -0.15) is 0 Å². The van der Waals surface area contributed by atoms with Gasteiger partial charge in [0.25, 0.3) is 0 Å². The maximum absolute atomic E-state index is 10.6. The largest absolute Gasteiger partial charge is 0.384 e. The molecule has 0 saturated carbocycles. The molecule has 108 valence electrons. The maximum Gasteiger partial charge on any atom is 0.0992 e. The number of aliphatic hydroxyl groups is 1. The van der Waals surface area contributed by atoms with Crippen molar-refractivity contribution in [3.8, 4) is 0 Å². The molecular formula is C17H29NO. The van der Waals surface area contributed by atoms with Crippen LogP contribution in [0.1, 0.15) is 52.7 Å². The van der Waals surface area contributed by atoms with Crippen molar-refractivity contribution in [2.75, 3.05) is 6.54 Å². The van der Waals surface area contributed by atoms with E-state index in [1.807, 2.05) is 19.1 Å². The Balaban J connectivity index is 2.82. The molecule has 1 atom stereocenters. The zero-order chi connectivity index (χ0) is 14.7. The first-order chi connectivity index (χ1) is 8.60. The molecule has 2 heteroatoms. The van der Waals surface area contributed by atoms with Crippen LogP contribution in [0.25, 0.3) is 0 Å². The Bertz CT molecular complexity index is 402. The third-order valence-electron chi connectivity index (χ3n) is 3.16. The minimum atomic E-state index is -0.833. The fraction of sp³-hybridized carbons (Fsp3) is 0.647. The minimum Gasteiger partial charge on any atom is -0.384 e. The first-order valence-corrected chi connectivity index (χ1v) is 7.17. The van der Waals surface area contributed by atoms with Gasteiger partial charge in [-0.3, -0.25) is 0 Å². The van der Waals surface area contributed by atoms with Gasteiger partial charge in [-0.15, -0.1) is 0 Å². The predicted molar refractivity (Wildman–Crippen MR) is 82.3 cm³/mol. The lowest BCUT2D eigenvalue weighted by Crippen LogP contribution is -2.44. The van der Waals surface area contributed by atoms with Gasteiger partial charge in [-0.1, -0.05) is 38.1 Å². The van der Waals surface area contributed by atoms with E-state index in [0.29, 0.717) is 12.5 Å². The van der Waals surface area contributed by atoms with E-state index in [1.54, 1.807) is 0 Å². The van der Waals surface area contributed by atoms with Crippen molar-refractivity contribution in [3.63, 3.8) is 0 Å². The lowest BCUT2D eigenvalue weighted by Gasteiger charge is -2.30. The molecule has 1 aromatic rings. The van der Waals surface area contributed by atoms with Gasteiger partial charge in [0.15, 0.2) is 0 Å². The van der Waals surface area contributed by atoms with Crippen LogP contribution in [-0.2, 0) is 12.0 Å². The summed E-state index contributed by atoms with van der Waals surface area (Å²) in [4.78, 5) is 0. The zero-order valence-electron chi connectivity index (χ0n) is 13.2. The summed E-state index contributed by atoms with van der Waals surface area (Å²) in [5.74, 6) is 0.632. The molecule has 0 saturated heterocycles. The van der Waals surface area contributed by atoms with Gasteiger partial charge >= 0.3 is 0 Å². The van der Waals surface area contributed by atoms with Crippen molar-refractivity contribution in [1.29, 1.82) is 0 Å². The molecule has 0 aliphatic carbocycles. The molecule has 0 fully saturated rings. The standard InChI is InChI=1S/C17H29NO/c1-13(2)10-14-8-7-9-15(11-14)17(6,19)12-18-16(3,4)5/h7-9,11,13,18-19H,10,12H2,1-6H3. The number of hydrogen-bond donors (Lipinski definition) is 2. The summed E-state index contributed by atoms with van der Waals surface area (Å²) in [6.07, 6.45) is 1.05. The van der Waals surface area contributed by atoms with Crippen molar-refractivity contribution in [2.45, 2.75) is 59.1 Å². The van der Waals surface area contributed by atoms with Gasteiger partial charge in [0.2, 0.25) is 0 Å². The molecule has 2 N–H and O–H groups in total. The van der Waals surface area contributed by atoms with E-state index in [0.717, 1.165) is 12.0 Å². The zero-order valence-corrected chi connectivity index (χ0v) is 13.2. The highest BCUT2D eigenvalue weighted by Crippen LogP contribution is 2.22. The summed E-state index contributed by atoms with van der Waals surface area (Å²) in [6, 6.07) is 8.31. The Labute approximate surface area is 118 Å². The topological polar surface area (TPSA) is 32.3 Å². The number of rotatable bonds is 5. The predicted octanol–water partition coefficient (Wildman–Crippen LogP) is 3.48. The highest BCUT2D eigenvalue weighted by Gasteiger charge is 2.25. The smallest absolute Gasteiger partial charge is 0.0992 e. The molecule has 0 amide bonds. The van der Waals surface area contributed by atoms with E-state index in [-0.39, 0.29) is 5.54 Å². The number of benzene rings is 1. The Kier molecular flexibility index (Phi) is 5.17. The Hall–Kier alpha value is -0.860. The molecule has 0 radical (unpaired) electrons. The van der Waals surface area contributed by atoms with Crippen molar-refractivity contribution < 1.29 is 5.11 Å². The second-order valence-electron chi connectivity index (χ2n) is 7.18. The summed E-state index contributed by atoms with van der Waals surface area (Å²) in [7, 11) is 0. The van der Waals surface area contributed by atoms with Gasteiger partial charge < -0.3 is 10.4 Å². The first kappa shape index (κ1) is 16.2. The first-order valence-electron chi connectivity index (χ1n) is 7.17. The summed E-state index contributed by atoms with van der Waals surface area (Å²) < 4.78 is 0. The van der Waals surface area contributed by atoms with Crippen LogP contribution < -0.4 is 5.32 Å². The van der Waals surface area contributed by atoms with Crippen LogP contribution in [0.3, 0.4) is 0 Å². The molecule has 0 spiro atoms. The Morgan fingerprint density at radius 3 is 2.32 bits per heavy atom. The fourth-order valence-corrected chi connectivity index (χ4v) is 2.04.